The average Bonchev–Trinajstić information content (AvgIpc) is 2.72. The van der Waals surface area contributed by atoms with Gasteiger partial charge in [-0.3, -0.25) is 4.79 Å². The Morgan fingerprint density at radius 2 is 2.10 bits per heavy atom. The molecule has 0 atom stereocenters. The van der Waals surface area contributed by atoms with Gasteiger partial charge < -0.3 is 15.8 Å². The van der Waals surface area contributed by atoms with Crippen LogP contribution >= 0.6 is 23.7 Å². The maximum absolute atomic E-state index is 12.2. The molecule has 1 aromatic carbocycles. The molecular formula is C15H21ClN2O2S. The van der Waals surface area contributed by atoms with Crippen molar-refractivity contribution >= 4 is 39.7 Å². The normalized spacial score (nSPS) is 11.1. The molecule has 3 N–H and O–H groups in total. The van der Waals surface area contributed by atoms with Crippen molar-refractivity contribution in [2.75, 3.05) is 13.7 Å². The smallest absolute Gasteiger partial charge is 0.261 e. The van der Waals surface area contributed by atoms with E-state index in [4.69, 9.17) is 10.5 Å². The molecule has 0 saturated carbocycles. The number of aryl methyl sites for hydroxylation is 1. The van der Waals surface area contributed by atoms with Crippen molar-refractivity contribution < 1.29 is 9.53 Å². The van der Waals surface area contributed by atoms with Crippen molar-refractivity contribution in [2.45, 2.75) is 26.3 Å². The molecule has 0 fully saturated rings. The van der Waals surface area contributed by atoms with Gasteiger partial charge in [0.05, 0.1) is 12.0 Å². The first-order chi connectivity index (χ1) is 9.31. The second-order valence-corrected chi connectivity index (χ2v) is 6.64. The van der Waals surface area contributed by atoms with Crippen LogP contribution in [0.4, 0.5) is 0 Å². The summed E-state index contributed by atoms with van der Waals surface area (Å²) in [5.74, 6) is 0.731. The molecule has 0 radical (unpaired) electrons. The number of nitrogens with one attached hydrogen (secondary N) is 1. The fraction of sp³-hybridized carbons (Fsp3) is 0.400. The zero-order valence-electron chi connectivity index (χ0n) is 12.6. The third-order valence-corrected chi connectivity index (χ3v) is 4.33. The lowest BCUT2D eigenvalue weighted by molar-refractivity contribution is 0.0949. The molecule has 0 aliphatic rings. The standard InChI is InChI=1S/C15H20N2O2S.ClH/c1-9-11-7-10(19-4)5-6-12(11)20-13(9)14(18)17-8-15(2,3)16;/h5-7H,8,16H2,1-4H3,(H,17,18);1H. The number of carbonyl (C=O) groups is 1. The van der Waals surface area contributed by atoms with Gasteiger partial charge in [-0.2, -0.15) is 0 Å². The van der Waals surface area contributed by atoms with E-state index in [1.807, 2.05) is 39.0 Å². The second-order valence-electron chi connectivity index (χ2n) is 5.59. The van der Waals surface area contributed by atoms with Crippen LogP contribution in [0, 0.1) is 6.92 Å². The molecule has 1 heterocycles. The molecule has 0 aliphatic carbocycles. The monoisotopic (exact) mass is 328 g/mol. The Labute approximate surface area is 135 Å². The number of amides is 1. The lowest BCUT2D eigenvalue weighted by Gasteiger charge is -2.18. The molecule has 1 aromatic heterocycles. The summed E-state index contributed by atoms with van der Waals surface area (Å²) in [6.45, 7) is 6.18. The number of benzene rings is 1. The van der Waals surface area contributed by atoms with E-state index in [9.17, 15) is 4.79 Å². The number of carbonyl (C=O) groups excluding carboxylic acids is 1. The molecule has 4 nitrogen and oxygen atoms in total. The number of hydrogen-bond acceptors (Lipinski definition) is 4. The fourth-order valence-corrected chi connectivity index (χ4v) is 3.04. The summed E-state index contributed by atoms with van der Waals surface area (Å²) in [6.07, 6.45) is 0. The number of methoxy groups -OCH3 is 1. The van der Waals surface area contributed by atoms with Crippen LogP contribution in [0.3, 0.4) is 0 Å². The Bertz CT molecular complexity index is 647. The van der Waals surface area contributed by atoms with Gasteiger partial charge in [-0.25, -0.2) is 0 Å². The molecule has 6 heteroatoms. The topological polar surface area (TPSA) is 64.3 Å². The first-order valence-electron chi connectivity index (χ1n) is 6.46. The van der Waals surface area contributed by atoms with Crippen LogP contribution in [0.1, 0.15) is 29.1 Å². The van der Waals surface area contributed by atoms with Gasteiger partial charge in [-0.1, -0.05) is 0 Å². The number of ether oxygens (including phenoxy) is 1. The summed E-state index contributed by atoms with van der Waals surface area (Å²) < 4.78 is 6.31. The van der Waals surface area contributed by atoms with Crippen LogP contribution in [-0.2, 0) is 0 Å². The van der Waals surface area contributed by atoms with Crippen molar-refractivity contribution in [2.24, 2.45) is 5.73 Å². The highest BCUT2D eigenvalue weighted by molar-refractivity contribution is 7.21. The van der Waals surface area contributed by atoms with E-state index in [1.54, 1.807) is 7.11 Å². The number of rotatable bonds is 4. The van der Waals surface area contributed by atoms with Crippen LogP contribution in [0.5, 0.6) is 5.75 Å². The lowest BCUT2D eigenvalue weighted by atomic mass is 10.1. The number of fused-ring (bicyclic) bond motifs is 1. The Morgan fingerprint density at radius 1 is 1.43 bits per heavy atom. The van der Waals surface area contributed by atoms with Gasteiger partial charge in [0.25, 0.3) is 5.91 Å². The minimum atomic E-state index is -0.413. The molecule has 2 rings (SSSR count). The fourth-order valence-electron chi connectivity index (χ4n) is 1.93. The van der Waals surface area contributed by atoms with Gasteiger partial charge in [-0.15, -0.1) is 23.7 Å². The first-order valence-corrected chi connectivity index (χ1v) is 7.28. The van der Waals surface area contributed by atoms with Gasteiger partial charge in [0, 0.05) is 16.8 Å². The molecule has 0 spiro atoms. The third-order valence-electron chi connectivity index (χ3n) is 3.05. The predicted molar refractivity (Wildman–Crippen MR) is 91.0 cm³/mol. The highest BCUT2D eigenvalue weighted by Gasteiger charge is 2.18. The second kappa shape index (κ2) is 6.64. The number of nitrogens with two attached hydrogens (primary N) is 1. The molecule has 0 unspecified atom stereocenters. The van der Waals surface area contributed by atoms with Crippen molar-refractivity contribution in [3.63, 3.8) is 0 Å². The van der Waals surface area contributed by atoms with Gasteiger partial charge in [0.15, 0.2) is 0 Å². The minimum absolute atomic E-state index is 0. The van der Waals surface area contributed by atoms with Gasteiger partial charge in [0.2, 0.25) is 0 Å². The summed E-state index contributed by atoms with van der Waals surface area (Å²) in [6, 6.07) is 5.85. The number of hydrogen-bond donors (Lipinski definition) is 2. The van der Waals surface area contributed by atoms with Crippen LogP contribution in [-0.4, -0.2) is 25.1 Å². The maximum atomic E-state index is 12.2. The van der Waals surface area contributed by atoms with E-state index < -0.39 is 5.54 Å². The minimum Gasteiger partial charge on any atom is -0.497 e. The van der Waals surface area contributed by atoms with E-state index in [1.165, 1.54) is 11.3 Å². The van der Waals surface area contributed by atoms with E-state index in [0.717, 1.165) is 26.3 Å². The SMILES string of the molecule is COc1ccc2sc(C(=O)NCC(C)(C)N)c(C)c2c1.Cl. The van der Waals surface area contributed by atoms with E-state index in [-0.39, 0.29) is 18.3 Å². The van der Waals surface area contributed by atoms with Gasteiger partial charge in [-0.05, 0) is 49.9 Å². The molecule has 0 bridgehead atoms. The molecular weight excluding hydrogens is 308 g/mol. The summed E-state index contributed by atoms with van der Waals surface area (Å²) in [5.41, 5.74) is 6.45. The Hall–Kier alpha value is -1.30. The van der Waals surface area contributed by atoms with Crippen LogP contribution < -0.4 is 15.8 Å². The van der Waals surface area contributed by atoms with Crippen molar-refractivity contribution in [3.8, 4) is 5.75 Å². The summed E-state index contributed by atoms with van der Waals surface area (Å²) in [5, 5.41) is 3.95. The van der Waals surface area contributed by atoms with E-state index in [0.29, 0.717) is 6.54 Å². The molecule has 0 saturated heterocycles. The zero-order valence-corrected chi connectivity index (χ0v) is 14.3. The highest BCUT2D eigenvalue weighted by Crippen LogP contribution is 2.33. The van der Waals surface area contributed by atoms with Gasteiger partial charge >= 0.3 is 0 Å². The Kier molecular flexibility index (Phi) is 5.61. The van der Waals surface area contributed by atoms with Crippen molar-refractivity contribution in [3.05, 3.63) is 28.6 Å². The summed E-state index contributed by atoms with van der Waals surface area (Å²) in [4.78, 5) is 13.0. The predicted octanol–water partition coefficient (Wildman–Crippen LogP) is 3.11. The molecule has 0 aliphatic heterocycles. The summed E-state index contributed by atoms with van der Waals surface area (Å²) in [7, 11) is 1.64. The third kappa shape index (κ3) is 4.09. The maximum Gasteiger partial charge on any atom is 0.261 e. The average molecular weight is 329 g/mol. The molecule has 2 aromatic rings. The zero-order chi connectivity index (χ0) is 14.9. The largest absolute Gasteiger partial charge is 0.497 e. The van der Waals surface area contributed by atoms with E-state index >= 15 is 0 Å². The lowest BCUT2D eigenvalue weighted by Crippen LogP contribution is -2.45. The highest BCUT2D eigenvalue weighted by atomic mass is 35.5. The van der Waals surface area contributed by atoms with Crippen LogP contribution in [0.15, 0.2) is 18.2 Å². The van der Waals surface area contributed by atoms with E-state index in [2.05, 4.69) is 5.32 Å². The molecule has 21 heavy (non-hydrogen) atoms. The van der Waals surface area contributed by atoms with Crippen molar-refractivity contribution in [1.29, 1.82) is 0 Å². The summed E-state index contributed by atoms with van der Waals surface area (Å²) >= 11 is 1.49. The number of thiophene rings is 1. The Morgan fingerprint density at radius 3 is 2.67 bits per heavy atom. The van der Waals surface area contributed by atoms with Crippen LogP contribution in [0.2, 0.25) is 0 Å². The molecule has 116 valence electrons. The van der Waals surface area contributed by atoms with Crippen LogP contribution in [0.25, 0.3) is 10.1 Å². The number of halogens is 1. The molecule has 1 amide bonds. The first kappa shape index (κ1) is 17.8. The quantitative estimate of drug-likeness (QED) is 0.906. The van der Waals surface area contributed by atoms with Gasteiger partial charge in [0.1, 0.15) is 5.75 Å². The Balaban J connectivity index is 0.00000220. The van der Waals surface area contributed by atoms with Crippen molar-refractivity contribution in [1.82, 2.24) is 5.32 Å².